The third-order valence-corrected chi connectivity index (χ3v) is 3.14. The van der Waals surface area contributed by atoms with Crippen molar-refractivity contribution in [3.63, 3.8) is 0 Å². The van der Waals surface area contributed by atoms with E-state index >= 15 is 0 Å². The van der Waals surface area contributed by atoms with Gasteiger partial charge in [0, 0.05) is 23.4 Å². The number of pyridine rings is 1. The van der Waals surface area contributed by atoms with Crippen molar-refractivity contribution in [3.8, 4) is 23.3 Å². The molecule has 0 fully saturated rings. The van der Waals surface area contributed by atoms with Gasteiger partial charge in [-0.05, 0) is 43.3 Å². The molecular weight excluding hydrogens is 289 g/mol. The highest BCUT2D eigenvalue weighted by atomic mass is 19.1. The second-order valence-corrected chi connectivity index (χ2v) is 5.08. The fraction of sp³-hybridized carbons (Fsp3) is 0.0500. The van der Waals surface area contributed by atoms with E-state index in [1.807, 2.05) is 31.2 Å². The minimum atomic E-state index is -0.389. The van der Waals surface area contributed by atoms with Crippen LogP contribution in [0.4, 0.5) is 4.39 Å². The molecule has 2 nitrogen and oxygen atoms in total. The molecule has 0 amide bonds. The van der Waals surface area contributed by atoms with Crippen molar-refractivity contribution in [1.29, 1.82) is 0 Å². The first kappa shape index (κ1) is 14.8. The van der Waals surface area contributed by atoms with Crippen LogP contribution >= 0.6 is 0 Å². The average Bonchev–Trinajstić information content (AvgIpc) is 2.55. The van der Waals surface area contributed by atoms with Crippen LogP contribution < -0.4 is 4.74 Å². The van der Waals surface area contributed by atoms with Crippen molar-refractivity contribution in [1.82, 2.24) is 4.98 Å². The van der Waals surface area contributed by atoms with E-state index in [0.717, 1.165) is 5.56 Å². The van der Waals surface area contributed by atoms with Gasteiger partial charge in [-0.25, -0.2) is 4.39 Å². The van der Waals surface area contributed by atoms with Crippen molar-refractivity contribution in [3.05, 3.63) is 89.5 Å². The van der Waals surface area contributed by atoms with Crippen LogP contribution in [0.25, 0.3) is 0 Å². The van der Waals surface area contributed by atoms with Gasteiger partial charge in [0.25, 0.3) is 0 Å². The fourth-order valence-corrected chi connectivity index (χ4v) is 2.02. The van der Waals surface area contributed by atoms with Crippen LogP contribution in [0.5, 0.6) is 11.5 Å². The third-order valence-electron chi connectivity index (χ3n) is 3.14. The van der Waals surface area contributed by atoms with Gasteiger partial charge >= 0.3 is 0 Å². The highest BCUT2D eigenvalue weighted by molar-refractivity contribution is 5.46. The summed E-state index contributed by atoms with van der Waals surface area (Å²) in [5, 5.41) is 0. The number of ether oxygens (including phenoxy) is 1. The maximum Gasteiger partial charge on any atom is 0.145 e. The minimum Gasteiger partial charge on any atom is -0.456 e. The van der Waals surface area contributed by atoms with Gasteiger partial charge in [-0.3, -0.25) is 4.98 Å². The summed E-state index contributed by atoms with van der Waals surface area (Å²) in [6, 6.07) is 15.8. The maximum absolute atomic E-state index is 13.7. The molecule has 2 aromatic carbocycles. The topological polar surface area (TPSA) is 22.1 Å². The van der Waals surface area contributed by atoms with Gasteiger partial charge in [0.2, 0.25) is 0 Å². The summed E-state index contributed by atoms with van der Waals surface area (Å²) in [5.74, 6) is 6.54. The minimum absolute atomic E-state index is 0.389. The molecule has 0 N–H and O–H groups in total. The van der Waals surface area contributed by atoms with E-state index in [1.54, 1.807) is 30.6 Å². The highest BCUT2D eigenvalue weighted by Crippen LogP contribution is 2.22. The molecule has 1 aromatic heterocycles. The Bertz CT molecular complexity index is 862. The van der Waals surface area contributed by atoms with E-state index < -0.39 is 0 Å². The lowest BCUT2D eigenvalue weighted by Crippen LogP contribution is -1.88. The Morgan fingerprint density at radius 3 is 2.43 bits per heavy atom. The number of rotatable bonds is 2. The Hall–Kier alpha value is -3.12. The summed E-state index contributed by atoms with van der Waals surface area (Å²) in [4.78, 5) is 3.96. The molecule has 0 saturated heterocycles. The Kier molecular flexibility index (Phi) is 4.35. The van der Waals surface area contributed by atoms with E-state index in [1.165, 1.54) is 17.7 Å². The van der Waals surface area contributed by atoms with Crippen LogP contribution in [-0.4, -0.2) is 4.98 Å². The summed E-state index contributed by atoms with van der Waals surface area (Å²) in [6.07, 6.45) is 3.22. The number of aryl methyl sites for hydroxylation is 1. The fourth-order valence-electron chi connectivity index (χ4n) is 2.02. The molecule has 0 bridgehead atoms. The Morgan fingerprint density at radius 1 is 0.913 bits per heavy atom. The SMILES string of the molecule is Cc1ccc(C#Cc2cc(F)cc(Oc3cccnc3)c2)cc1. The van der Waals surface area contributed by atoms with Crippen molar-refractivity contribution in [2.24, 2.45) is 0 Å². The Labute approximate surface area is 134 Å². The third kappa shape index (κ3) is 4.18. The first-order chi connectivity index (χ1) is 11.2. The van der Waals surface area contributed by atoms with Crippen molar-refractivity contribution in [2.75, 3.05) is 0 Å². The van der Waals surface area contributed by atoms with Gasteiger partial charge in [-0.1, -0.05) is 29.5 Å². The number of benzene rings is 2. The number of aromatic nitrogens is 1. The van der Waals surface area contributed by atoms with E-state index in [9.17, 15) is 4.39 Å². The molecule has 0 aliphatic heterocycles. The normalized spacial score (nSPS) is 9.83. The van der Waals surface area contributed by atoms with Gasteiger partial charge < -0.3 is 4.74 Å². The largest absolute Gasteiger partial charge is 0.456 e. The molecule has 112 valence electrons. The second-order valence-electron chi connectivity index (χ2n) is 5.08. The van der Waals surface area contributed by atoms with Crippen molar-refractivity contribution in [2.45, 2.75) is 6.92 Å². The molecule has 23 heavy (non-hydrogen) atoms. The summed E-state index contributed by atoms with van der Waals surface area (Å²) in [7, 11) is 0. The molecule has 0 saturated carbocycles. The van der Waals surface area contributed by atoms with Gasteiger partial charge in [0.15, 0.2) is 0 Å². The predicted octanol–water partition coefficient (Wildman–Crippen LogP) is 4.72. The number of hydrogen-bond donors (Lipinski definition) is 0. The van der Waals surface area contributed by atoms with E-state index in [4.69, 9.17) is 4.74 Å². The molecular formula is C20H14FNO. The zero-order valence-electron chi connectivity index (χ0n) is 12.6. The smallest absolute Gasteiger partial charge is 0.145 e. The van der Waals surface area contributed by atoms with Gasteiger partial charge in [0.05, 0.1) is 6.20 Å². The Balaban J connectivity index is 1.85. The van der Waals surface area contributed by atoms with Gasteiger partial charge in [-0.2, -0.15) is 0 Å². The molecule has 0 aliphatic rings. The van der Waals surface area contributed by atoms with Crippen molar-refractivity contribution >= 4 is 0 Å². The maximum atomic E-state index is 13.7. The first-order valence-corrected chi connectivity index (χ1v) is 7.16. The zero-order valence-corrected chi connectivity index (χ0v) is 12.6. The Morgan fingerprint density at radius 2 is 1.70 bits per heavy atom. The van der Waals surface area contributed by atoms with Crippen LogP contribution in [0.1, 0.15) is 16.7 Å². The lowest BCUT2D eigenvalue weighted by molar-refractivity contribution is 0.474. The van der Waals surface area contributed by atoms with E-state index in [2.05, 4.69) is 16.8 Å². The van der Waals surface area contributed by atoms with Crippen LogP contribution in [0.3, 0.4) is 0 Å². The summed E-state index contributed by atoms with van der Waals surface area (Å²) >= 11 is 0. The standard InChI is InChI=1S/C20H14FNO/c1-15-4-6-16(7-5-15)8-9-17-11-18(21)13-20(12-17)23-19-3-2-10-22-14-19/h2-7,10-14H,1H3. The van der Waals surface area contributed by atoms with Gasteiger partial charge in [-0.15, -0.1) is 0 Å². The molecule has 3 aromatic rings. The molecule has 0 unspecified atom stereocenters. The summed E-state index contributed by atoms with van der Waals surface area (Å²) < 4.78 is 19.3. The first-order valence-electron chi connectivity index (χ1n) is 7.16. The quantitative estimate of drug-likeness (QED) is 0.639. The van der Waals surface area contributed by atoms with Crippen molar-refractivity contribution < 1.29 is 9.13 Å². The lowest BCUT2D eigenvalue weighted by atomic mass is 10.1. The molecule has 0 radical (unpaired) electrons. The number of hydrogen-bond acceptors (Lipinski definition) is 2. The van der Waals surface area contributed by atoms with Crippen LogP contribution in [0.15, 0.2) is 67.0 Å². The molecule has 3 rings (SSSR count). The number of halogens is 1. The molecule has 0 aliphatic carbocycles. The average molecular weight is 303 g/mol. The second kappa shape index (κ2) is 6.76. The predicted molar refractivity (Wildman–Crippen MR) is 87.9 cm³/mol. The zero-order chi connectivity index (χ0) is 16.1. The summed E-state index contributed by atoms with van der Waals surface area (Å²) in [6.45, 7) is 2.02. The molecule has 0 atom stereocenters. The number of nitrogens with zero attached hydrogens (tertiary/aromatic N) is 1. The van der Waals surface area contributed by atoms with Crippen LogP contribution in [0, 0.1) is 24.6 Å². The van der Waals surface area contributed by atoms with Gasteiger partial charge in [0.1, 0.15) is 17.3 Å². The molecule has 0 spiro atoms. The lowest BCUT2D eigenvalue weighted by Gasteiger charge is -2.05. The highest BCUT2D eigenvalue weighted by Gasteiger charge is 2.02. The van der Waals surface area contributed by atoms with E-state index in [-0.39, 0.29) is 5.82 Å². The summed E-state index contributed by atoms with van der Waals surface area (Å²) in [5.41, 5.74) is 2.62. The van der Waals surface area contributed by atoms with E-state index in [0.29, 0.717) is 17.1 Å². The monoisotopic (exact) mass is 303 g/mol. The molecule has 3 heteroatoms. The van der Waals surface area contributed by atoms with Crippen LogP contribution in [-0.2, 0) is 0 Å². The van der Waals surface area contributed by atoms with Crippen LogP contribution in [0.2, 0.25) is 0 Å². The molecule has 1 heterocycles.